The summed E-state index contributed by atoms with van der Waals surface area (Å²) >= 11 is 0. The molecule has 2 rings (SSSR count). The van der Waals surface area contributed by atoms with E-state index in [1.165, 1.54) is 0 Å². The lowest BCUT2D eigenvalue weighted by Crippen LogP contribution is -2.05. The third kappa shape index (κ3) is 1.42. The van der Waals surface area contributed by atoms with Gasteiger partial charge in [-0.25, -0.2) is 9.78 Å². The highest BCUT2D eigenvalue weighted by Gasteiger charge is 2.27. The average molecular weight is 183 g/mol. The van der Waals surface area contributed by atoms with Gasteiger partial charge in [-0.05, 0) is 12.8 Å². The molecule has 1 atom stereocenters. The molecular weight excluding hydrogens is 174 g/mol. The van der Waals surface area contributed by atoms with Crippen molar-refractivity contribution in [2.24, 2.45) is 0 Å². The van der Waals surface area contributed by atoms with Crippen LogP contribution < -0.4 is 0 Å². The molecule has 1 N–H and O–H groups in total. The van der Waals surface area contributed by atoms with Crippen LogP contribution in [-0.2, 0) is 4.74 Å². The normalized spacial score (nSPS) is 22.0. The van der Waals surface area contributed by atoms with E-state index >= 15 is 0 Å². The fourth-order valence-electron chi connectivity index (χ4n) is 1.43. The molecule has 5 heteroatoms. The van der Waals surface area contributed by atoms with E-state index < -0.39 is 5.97 Å². The van der Waals surface area contributed by atoms with Crippen LogP contribution in [0.5, 0.6) is 0 Å². The lowest BCUT2D eigenvalue weighted by molar-refractivity contribution is 0.0660. The number of hydrogen-bond acceptors (Lipinski definition) is 4. The second kappa shape index (κ2) is 3.18. The quantitative estimate of drug-likeness (QED) is 0.746. The third-order valence-corrected chi connectivity index (χ3v) is 2.02. The van der Waals surface area contributed by atoms with Crippen LogP contribution in [0.4, 0.5) is 0 Å². The van der Waals surface area contributed by atoms with E-state index in [1.54, 1.807) is 0 Å². The fourth-order valence-corrected chi connectivity index (χ4v) is 1.43. The Kier molecular flexibility index (Phi) is 2.02. The molecule has 70 valence electrons. The third-order valence-electron chi connectivity index (χ3n) is 2.02. The molecule has 1 unspecified atom stereocenters. The number of rotatable bonds is 2. The first-order chi connectivity index (χ1) is 6.29. The highest BCUT2D eigenvalue weighted by Crippen LogP contribution is 2.30. The van der Waals surface area contributed by atoms with Gasteiger partial charge in [-0.3, -0.25) is 0 Å². The smallest absolute Gasteiger partial charge is 0.358 e. The molecule has 1 aromatic rings. The molecule has 1 aliphatic rings. The number of ether oxygens (including phenoxy) is 1. The SMILES string of the molecule is O=C(O)c1ncoc1C1CCCO1. The summed E-state index contributed by atoms with van der Waals surface area (Å²) in [5, 5.41) is 8.74. The molecule has 1 fully saturated rings. The Labute approximate surface area is 74.3 Å². The van der Waals surface area contributed by atoms with Gasteiger partial charge in [-0.15, -0.1) is 0 Å². The molecule has 5 nitrogen and oxygen atoms in total. The zero-order valence-corrected chi connectivity index (χ0v) is 6.90. The molecule has 1 aromatic heterocycles. The molecular formula is C8H9NO4. The van der Waals surface area contributed by atoms with E-state index in [1.807, 2.05) is 0 Å². The van der Waals surface area contributed by atoms with Gasteiger partial charge in [0.05, 0.1) is 0 Å². The molecule has 0 aliphatic carbocycles. The van der Waals surface area contributed by atoms with Gasteiger partial charge < -0.3 is 14.3 Å². The van der Waals surface area contributed by atoms with E-state index in [0.717, 1.165) is 19.2 Å². The number of hydrogen-bond donors (Lipinski definition) is 1. The predicted molar refractivity (Wildman–Crippen MR) is 41.4 cm³/mol. The first-order valence-corrected chi connectivity index (χ1v) is 4.07. The van der Waals surface area contributed by atoms with Gasteiger partial charge in [-0.2, -0.15) is 0 Å². The number of carbonyl (C=O) groups is 1. The number of oxazole rings is 1. The standard InChI is InChI=1S/C8H9NO4/c10-8(11)6-7(13-4-9-6)5-2-1-3-12-5/h4-5H,1-3H2,(H,10,11). The summed E-state index contributed by atoms with van der Waals surface area (Å²) in [6, 6.07) is 0. The Morgan fingerprint density at radius 1 is 1.69 bits per heavy atom. The van der Waals surface area contributed by atoms with Crippen molar-refractivity contribution in [3.8, 4) is 0 Å². The maximum atomic E-state index is 10.7. The van der Waals surface area contributed by atoms with E-state index in [-0.39, 0.29) is 11.8 Å². The van der Waals surface area contributed by atoms with Crippen LogP contribution in [-0.4, -0.2) is 22.7 Å². The van der Waals surface area contributed by atoms with Gasteiger partial charge in [0, 0.05) is 6.61 Å². The minimum Gasteiger partial charge on any atom is -0.476 e. The van der Waals surface area contributed by atoms with Gasteiger partial charge in [0.25, 0.3) is 0 Å². The van der Waals surface area contributed by atoms with Crippen LogP contribution in [0.3, 0.4) is 0 Å². The molecule has 0 amide bonds. The van der Waals surface area contributed by atoms with Crippen molar-refractivity contribution in [2.45, 2.75) is 18.9 Å². The highest BCUT2D eigenvalue weighted by atomic mass is 16.5. The van der Waals surface area contributed by atoms with Gasteiger partial charge in [0.15, 0.2) is 17.8 Å². The Hall–Kier alpha value is -1.36. The van der Waals surface area contributed by atoms with Gasteiger partial charge in [0.2, 0.25) is 0 Å². The summed E-state index contributed by atoms with van der Waals surface area (Å²) < 4.78 is 10.3. The first-order valence-electron chi connectivity index (χ1n) is 4.07. The number of aromatic carboxylic acids is 1. The summed E-state index contributed by atoms with van der Waals surface area (Å²) in [4.78, 5) is 14.3. The molecule has 1 aliphatic heterocycles. The van der Waals surface area contributed by atoms with Crippen LogP contribution in [0.15, 0.2) is 10.8 Å². The van der Waals surface area contributed by atoms with Crippen LogP contribution in [0, 0.1) is 0 Å². The number of carboxylic acid groups (broad SMARTS) is 1. The predicted octanol–water partition coefficient (Wildman–Crippen LogP) is 1.22. The second-order valence-electron chi connectivity index (χ2n) is 2.87. The molecule has 0 radical (unpaired) electrons. The van der Waals surface area contributed by atoms with Crippen molar-refractivity contribution in [1.29, 1.82) is 0 Å². The van der Waals surface area contributed by atoms with Crippen molar-refractivity contribution in [1.82, 2.24) is 4.98 Å². The van der Waals surface area contributed by atoms with Crippen LogP contribution in [0.1, 0.15) is 35.2 Å². The van der Waals surface area contributed by atoms with Crippen LogP contribution >= 0.6 is 0 Å². The Morgan fingerprint density at radius 2 is 2.54 bits per heavy atom. The Balaban J connectivity index is 2.28. The first kappa shape index (κ1) is 8.25. The minimum atomic E-state index is -1.07. The summed E-state index contributed by atoms with van der Waals surface area (Å²) in [6.45, 7) is 0.657. The monoisotopic (exact) mass is 183 g/mol. The summed E-state index contributed by atoms with van der Waals surface area (Å²) in [6.07, 6.45) is 2.65. The number of carboxylic acids is 1. The zero-order valence-electron chi connectivity index (χ0n) is 6.90. The lowest BCUT2D eigenvalue weighted by atomic mass is 10.1. The van der Waals surface area contributed by atoms with Crippen molar-refractivity contribution in [3.05, 3.63) is 17.8 Å². The van der Waals surface area contributed by atoms with E-state index in [2.05, 4.69) is 4.98 Å². The number of nitrogens with zero attached hydrogens (tertiary/aromatic N) is 1. The van der Waals surface area contributed by atoms with Crippen molar-refractivity contribution < 1.29 is 19.1 Å². The molecule has 0 bridgehead atoms. The second-order valence-corrected chi connectivity index (χ2v) is 2.87. The van der Waals surface area contributed by atoms with Gasteiger partial charge >= 0.3 is 5.97 Å². The minimum absolute atomic E-state index is 0.0353. The summed E-state index contributed by atoms with van der Waals surface area (Å²) in [5.41, 5.74) is -0.0353. The Morgan fingerprint density at radius 3 is 3.15 bits per heavy atom. The summed E-state index contributed by atoms with van der Waals surface area (Å²) in [5.74, 6) is -0.732. The fraction of sp³-hybridized carbons (Fsp3) is 0.500. The largest absolute Gasteiger partial charge is 0.476 e. The van der Waals surface area contributed by atoms with Crippen LogP contribution in [0.2, 0.25) is 0 Å². The van der Waals surface area contributed by atoms with Gasteiger partial charge in [0.1, 0.15) is 6.10 Å². The molecule has 1 saturated heterocycles. The van der Waals surface area contributed by atoms with Crippen LogP contribution in [0.25, 0.3) is 0 Å². The zero-order chi connectivity index (χ0) is 9.26. The highest BCUT2D eigenvalue weighted by molar-refractivity contribution is 5.86. The molecule has 0 aromatic carbocycles. The summed E-state index contributed by atoms with van der Waals surface area (Å²) in [7, 11) is 0. The Bertz CT molecular complexity index is 314. The molecule has 13 heavy (non-hydrogen) atoms. The maximum Gasteiger partial charge on any atom is 0.358 e. The van der Waals surface area contributed by atoms with Gasteiger partial charge in [-0.1, -0.05) is 0 Å². The van der Waals surface area contributed by atoms with E-state index in [4.69, 9.17) is 14.3 Å². The van der Waals surface area contributed by atoms with Crippen molar-refractivity contribution in [2.75, 3.05) is 6.61 Å². The molecule has 0 saturated carbocycles. The number of aromatic nitrogens is 1. The topological polar surface area (TPSA) is 72.6 Å². The average Bonchev–Trinajstić information content (AvgIpc) is 2.74. The molecule has 2 heterocycles. The van der Waals surface area contributed by atoms with Crippen molar-refractivity contribution in [3.63, 3.8) is 0 Å². The van der Waals surface area contributed by atoms with E-state index in [0.29, 0.717) is 12.4 Å². The van der Waals surface area contributed by atoms with Crippen molar-refractivity contribution >= 4 is 5.97 Å². The van der Waals surface area contributed by atoms with E-state index in [9.17, 15) is 4.79 Å². The maximum absolute atomic E-state index is 10.7. The molecule has 0 spiro atoms. The lowest BCUT2D eigenvalue weighted by Gasteiger charge is -2.04.